The van der Waals surface area contributed by atoms with Crippen LogP contribution in [-0.4, -0.2) is 83.1 Å². The van der Waals surface area contributed by atoms with Gasteiger partial charge < -0.3 is 30.1 Å². The molecular formula is C41H43ClN8O7S. The van der Waals surface area contributed by atoms with E-state index in [1.54, 1.807) is 48.5 Å². The number of carbonyl (C=O) groups excluding carboxylic acids is 6. The summed E-state index contributed by atoms with van der Waals surface area (Å²) in [5, 5.41) is 8.10. The van der Waals surface area contributed by atoms with Gasteiger partial charge in [-0.3, -0.25) is 34.1 Å². The van der Waals surface area contributed by atoms with E-state index < -0.39 is 18.0 Å². The van der Waals surface area contributed by atoms with Gasteiger partial charge in [0.2, 0.25) is 23.6 Å². The molecule has 302 valence electrons. The number of carbonyl (C=O) groups is 6. The molecule has 0 bridgehead atoms. The van der Waals surface area contributed by atoms with Crippen LogP contribution in [0.2, 0.25) is 4.34 Å². The number of hydrogen-bond donors (Lipinski definition) is 3. The average Bonchev–Trinajstić information content (AvgIpc) is 3.78. The summed E-state index contributed by atoms with van der Waals surface area (Å²) in [4.78, 5) is 92.0. The van der Waals surface area contributed by atoms with E-state index >= 15 is 0 Å². The lowest BCUT2D eigenvalue weighted by molar-refractivity contribution is -0.137. The van der Waals surface area contributed by atoms with Crippen LogP contribution in [0.1, 0.15) is 88.0 Å². The normalized spacial score (nSPS) is 17.6. The molecule has 3 aliphatic heterocycles. The molecule has 0 radical (unpaired) electrons. The number of halogens is 1. The number of aromatic nitrogens is 2. The first kappa shape index (κ1) is 40.3. The lowest BCUT2D eigenvalue weighted by Gasteiger charge is -2.40. The number of imide groups is 1. The van der Waals surface area contributed by atoms with Crippen molar-refractivity contribution in [3.05, 3.63) is 92.0 Å². The van der Waals surface area contributed by atoms with Crippen LogP contribution in [0.15, 0.2) is 54.7 Å². The van der Waals surface area contributed by atoms with Crippen LogP contribution >= 0.6 is 22.9 Å². The molecule has 15 nitrogen and oxygen atoms in total. The third kappa shape index (κ3) is 8.38. The summed E-state index contributed by atoms with van der Waals surface area (Å²) in [6, 6.07) is 12.9. The lowest BCUT2D eigenvalue weighted by atomic mass is 10.0. The molecule has 0 spiro atoms. The lowest BCUT2D eigenvalue weighted by Crippen LogP contribution is -2.52. The number of nitrogens with one attached hydrogen (secondary N) is 3. The Morgan fingerprint density at radius 1 is 1.09 bits per heavy atom. The summed E-state index contributed by atoms with van der Waals surface area (Å²) < 4.78 is 6.35. The number of likely N-dealkylation sites (N-methyl/N-ethyl adjacent to an activating group) is 1. The minimum Gasteiger partial charge on any atom is -0.496 e. The quantitative estimate of drug-likeness (QED) is 0.117. The number of hydrogen-bond acceptors (Lipinski definition) is 11. The second kappa shape index (κ2) is 17.3. The smallest absolute Gasteiger partial charge is 0.255 e. The zero-order valence-electron chi connectivity index (χ0n) is 32.3. The third-order valence-electron chi connectivity index (χ3n) is 10.6. The standard InChI is InChI=1S/C41H43ClN8O7S/c1-4-29-41(56)48(2)31-20-44-34(46-37(31)49(29)21-25-13-15-33(42)58-25)19-23-11-12-24(18-32(23)57-3)38(53)43-17-6-5-10-35(51)45-28-9-7-8-26-27(28)22-50(40(26)55)30-14-16-36(52)47-39(30)54/h7-9,11-13,15,18,20,29-30H,4-6,10,14,16-17,19,21-22H2,1-3H3,(H,43,53)(H,45,51)(H,47,52,54)/t29-,30?/m1/s1. The van der Waals surface area contributed by atoms with Gasteiger partial charge in [-0.15, -0.1) is 11.3 Å². The highest BCUT2D eigenvalue weighted by atomic mass is 35.5. The first-order chi connectivity index (χ1) is 27.9. The van der Waals surface area contributed by atoms with E-state index in [9.17, 15) is 28.8 Å². The number of nitrogens with zero attached hydrogens (tertiary/aromatic N) is 5. The molecule has 17 heteroatoms. The van der Waals surface area contributed by atoms with Gasteiger partial charge in [-0.2, -0.15) is 0 Å². The van der Waals surface area contributed by atoms with Gasteiger partial charge in [0.15, 0.2) is 5.82 Å². The zero-order chi connectivity index (χ0) is 41.1. The van der Waals surface area contributed by atoms with Crippen molar-refractivity contribution in [3.63, 3.8) is 0 Å². The molecule has 7 rings (SSSR count). The summed E-state index contributed by atoms with van der Waals surface area (Å²) in [6.45, 7) is 2.96. The maximum Gasteiger partial charge on any atom is 0.255 e. The van der Waals surface area contributed by atoms with Gasteiger partial charge in [-0.05, 0) is 62.1 Å². The van der Waals surface area contributed by atoms with Crippen LogP contribution in [-0.2, 0) is 38.7 Å². The Morgan fingerprint density at radius 2 is 1.91 bits per heavy atom. The predicted octanol–water partition coefficient (Wildman–Crippen LogP) is 4.85. The summed E-state index contributed by atoms with van der Waals surface area (Å²) in [5.41, 5.74) is 3.37. The molecule has 2 aromatic carbocycles. The number of amides is 6. The molecular weight excluding hydrogens is 784 g/mol. The van der Waals surface area contributed by atoms with Crippen molar-refractivity contribution >= 4 is 75.6 Å². The van der Waals surface area contributed by atoms with Gasteiger partial charge in [-0.25, -0.2) is 9.97 Å². The highest BCUT2D eigenvalue weighted by molar-refractivity contribution is 7.16. The summed E-state index contributed by atoms with van der Waals surface area (Å²) in [6.07, 6.45) is 4.26. The van der Waals surface area contributed by atoms with Crippen molar-refractivity contribution in [1.29, 1.82) is 0 Å². The van der Waals surface area contributed by atoms with E-state index in [-0.39, 0.29) is 55.3 Å². The number of thiophene rings is 1. The van der Waals surface area contributed by atoms with Crippen molar-refractivity contribution < 1.29 is 33.5 Å². The minimum absolute atomic E-state index is 0.0247. The Morgan fingerprint density at radius 3 is 2.66 bits per heavy atom. The second-order valence-electron chi connectivity index (χ2n) is 14.3. The fraction of sp³-hybridized carbons (Fsp3) is 0.366. The van der Waals surface area contributed by atoms with Crippen LogP contribution in [0.3, 0.4) is 0 Å². The highest BCUT2D eigenvalue weighted by Gasteiger charge is 2.40. The monoisotopic (exact) mass is 826 g/mol. The Bertz CT molecular complexity index is 2300. The molecule has 0 aliphatic carbocycles. The summed E-state index contributed by atoms with van der Waals surface area (Å²) >= 11 is 7.68. The zero-order valence-corrected chi connectivity index (χ0v) is 33.9. The van der Waals surface area contributed by atoms with E-state index in [2.05, 4.69) is 20.9 Å². The van der Waals surface area contributed by atoms with Crippen LogP contribution < -0.4 is 30.5 Å². The molecule has 2 atom stereocenters. The number of unbranched alkanes of at least 4 members (excludes halogenated alkanes) is 1. The Hall–Kier alpha value is -5.87. The van der Waals surface area contributed by atoms with Gasteiger partial charge in [0, 0.05) is 72.2 Å². The molecule has 3 N–H and O–H groups in total. The number of fused-ring (bicyclic) bond motifs is 2. The SMILES string of the molecule is CC[C@@H]1C(=O)N(C)c2cnc(Cc3ccc(C(=O)NCCCCC(=O)Nc4cccc5c4CN(C4CCC(=O)NC4=O)C5=O)cc3OC)nc2N1Cc1ccc(Cl)s1. The second-order valence-corrected chi connectivity index (χ2v) is 16.1. The van der Waals surface area contributed by atoms with Crippen LogP contribution in [0.5, 0.6) is 5.75 Å². The predicted molar refractivity (Wildman–Crippen MR) is 218 cm³/mol. The van der Waals surface area contributed by atoms with Crippen LogP contribution in [0.25, 0.3) is 0 Å². The third-order valence-corrected chi connectivity index (χ3v) is 11.9. The van der Waals surface area contributed by atoms with Crippen molar-refractivity contribution in [2.75, 3.05) is 35.8 Å². The molecule has 0 saturated carbocycles. The summed E-state index contributed by atoms with van der Waals surface area (Å²) in [5.74, 6) is -0.00941. The van der Waals surface area contributed by atoms with Crippen molar-refractivity contribution in [1.82, 2.24) is 25.5 Å². The van der Waals surface area contributed by atoms with Gasteiger partial charge in [0.1, 0.15) is 29.3 Å². The Balaban J connectivity index is 0.918. The summed E-state index contributed by atoms with van der Waals surface area (Å²) in [7, 11) is 3.27. The van der Waals surface area contributed by atoms with Crippen molar-refractivity contribution in [3.8, 4) is 5.75 Å². The fourth-order valence-corrected chi connectivity index (χ4v) is 8.66. The van der Waals surface area contributed by atoms with Crippen LogP contribution in [0, 0.1) is 0 Å². The molecule has 1 unspecified atom stereocenters. The van der Waals surface area contributed by atoms with Gasteiger partial charge in [0.05, 0.1) is 24.2 Å². The molecule has 4 aromatic rings. The molecule has 2 aromatic heterocycles. The molecule has 5 heterocycles. The molecule has 3 aliphatic rings. The van der Waals surface area contributed by atoms with Crippen molar-refractivity contribution in [2.24, 2.45) is 0 Å². The minimum atomic E-state index is -0.744. The van der Waals surface area contributed by atoms with Gasteiger partial charge >= 0.3 is 0 Å². The number of ether oxygens (including phenoxy) is 1. The van der Waals surface area contributed by atoms with E-state index in [1.807, 2.05) is 30.0 Å². The first-order valence-corrected chi connectivity index (χ1v) is 20.3. The number of anilines is 3. The van der Waals surface area contributed by atoms with E-state index in [4.69, 9.17) is 21.3 Å². The van der Waals surface area contributed by atoms with E-state index in [1.165, 1.54) is 23.3 Å². The molecule has 6 amide bonds. The Labute approximate surface area is 344 Å². The highest BCUT2D eigenvalue weighted by Crippen LogP contribution is 2.37. The van der Waals surface area contributed by atoms with Crippen molar-refractivity contribution in [2.45, 2.75) is 77.0 Å². The molecule has 1 fully saturated rings. The molecule has 58 heavy (non-hydrogen) atoms. The topological polar surface area (TPSA) is 183 Å². The average molecular weight is 827 g/mol. The van der Waals surface area contributed by atoms with Gasteiger partial charge in [0.25, 0.3) is 11.8 Å². The largest absolute Gasteiger partial charge is 0.496 e. The number of benzene rings is 2. The van der Waals surface area contributed by atoms with E-state index in [0.29, 0.717) is 88.6 Å². The van der Waals surface area contributed by atoms with Gasteiger partial charge in [-0.1, -0.05) is 30.7 Å². The maximum atomic E-state index is 13.3. The number of methoxy groups -OCH3 is 1. The van der Waals surface area contributed by atoms with E-state index in [0.717, 1.165) is 10.4 Å². The molecule has 1 saturated heterocycles. The Kier molecular flexibility index (Phi) is 12.0. The van der Waals surface area contributed by atoms with Crippen LogP contribution in [0.4, 0.5) is 17.2 Å². The maximum absolute atomic E-state index is 13.3. The number of rotatable bonds is 14. The fourth-order valence-electron chi connectivity index (χ4n) is 7.57. The number of piperidine rings is 1. The first-order valence-electron chi connectivity index (χ1n) is 19.1.